The largest absolute Gasteiger partial charge is 0.370 e. The van der Waals surface area contributed by atoms with Crippen LogP contribution in [0.1, 0.15) is 52.8 Å². The number of aryl methyl sites for hydroxylation is 1. The Morgan fingerprint density at radius 2 is 2.00 bits per heavy atom. The lowest BCUT2D eigenvalue weighted by Gasteiger charge is -2.09. The van der Waals surface area contributed by atoms with Crippen LogP contribution >= 0.6 is 11.8 Å². The van der Waals surface area contributed by atoms with Gasteiger partial charge in [0.2, 0.25) is 0 Å². The lowest BCUT2D eigenvalue weighted by Crippen LogP contribution is -2.06. The first-order valence-electron chi connectivity index (χ1n) is 7.40. The van der Waals surface area contributed by atoms with Gasteiger partial charge in [-0.3, -0.25) is 0 Å². The average Bonchev–Trinajstić information content (AvgIpc) is 2.36. The third kappa shape index (κ3) is 6.81. The van der Waals surface area contributed by atoms with Crippen LogP contribution in [-0.2, 0) is 6.42 Å². The van der Waals surface area contributed by atoms with Crippen molar-refractivity contribution in [2.45, 2.75) is 58.4 Å². The number of anilines is 1. The highest BCUT2D eigenvalue weighted by Gasteiger charge is 2.05. The molecule has 0 atom stereocenters. The van der Waals surface area contributed by atoms with Crippen LogP contribution in [0.5, 0.6) is 0 Å². The smallest absolute Gasteiger partial charge is 0.132 e. The summed E-state index contributed by atoms with van der Waals surface area (Å²) in [6, 6.07) is 2.08. The van der Waals surface area contributed by atoms with E-state index in [9.17, 15) is 0 Å². The number of aromatic nitrogens is 2. The Labute approximate surface area is 122 Å². The van der Waals surface area contributed by atoms with E-state index >= 15 is 0 Å². The van der Waals surface area contributed by atoms with Gasteiger partial charge in [-0.05, 0) is 30.9 Å². The molecule has 0 amide bonds. The predicted octanol–water partition coefficient (Wildman–Crippen LogP) is 4.39. The van der Waals surface area contributed by atoms with E-state index < -0.39 is 0 Å². The Morgan fingerprint density at radius 1 is 1.21 bits per heavy atom. The summed E-state index contributed by atoms with van der Waals surface area (Å²) in [4.78, 5) is 9.21. The monoisotopic (exact) mass is 281 g/mol. The maximum absolute atomic E-state index is 4.64. The number of thioether (sulfide) groups is 1. The fourth-order valence-corrected chi connectivity index (χ4v) is 2.79. The van der Waals surface area contributed by atoms with Gasteiger partial charge in [-0.1, -0.05) is 27.7 Å². The second kappa shape index (κ2) is 9.18. The Hall–Kier alpha value is -0.770. The van der Waals surface area contributed by atoms with Crippen LogP contribution in [0, 0.1) is 5.92 Å². The number of nitrogens with zero attached hydrogens (tertiary/aromatic N) is 2. The summed E-state index contributed by atoms with van der Waals surface area (Å²) in [6.45, 7) is 9.83. The zero-order valence-corrected chi connectivity index (χ0v) is 13.5. The molecule has 1 N–H and O–H groups in total. The summed E-state index contributed by atoms with van der Waals surface area (Å²) < 4.78 is 0. The van der Waals surface area contributed by atoms with Crippen LogP contribution in [0.2, 0.25) is 0 Å². The zero-order chi connectivity index (χ0) is 14.1. The minimum atomic E-state index is 0.752. The van der Waals surface area contributed by atoms with E-state index in [4.69, 9.17) is 0 Å². The van der Waals surface area contributed by atoms with Crippen LogP contribution in [0.25, 0.3) is 0 Å². The molecule has 0 bridgehead atoms. The van der Waals surface area contributed by atoms with Gasteiger partial charge in [-0.15, -0.1) is 11.8 Å². The van der Waals surface area contributed by atoms with Crippen molar-refractivity contribution in [3.63, 3.8) is 0 Å². The van der Waals surface area contributed by atoms with Crippen molar-refractivity contribution in [3.05, 3.63) is 11.9 Å². The molecular weight excluding hydrogens is 254 g/mol. The number of hydrogen-bond acceptors (Lipinski definition) is 4. The Kier molecular flexibility index (Phi) is 7.87. The van der Waals surface area contributed by atoms with Crippen molar-refractivity contribution in [1.82, 2.24) is 9.97 Å². The molecule has 0 aliphatic heterocycles. The van der Waals surface area contributed by atoms with Crippen LogP contribution < -0.4 is 5.32 Å². The molecule has 1 rings (SSSR count). The maximum Gasteiger partial charge on any atom is 0.132 e. The molecule has 0 aliphatic rings. The highest BCUT2D eigenvalue weighted by Crippen LogP contribution is 2.21. The number of hydrogen-bond donors (Lipinski definition) is 1. The van der Waals surface area contributed by atoms with E-state index in [0.29, 0.717) is 0 Å². The molecule has 108 valence electrons. The molecule has 0 saturated carbocycles. The van der Waals surface area contributed by atoms with E-state index in [1.54, 1.807) is 0 Å². The molecule has 0 saturated heterocycles. The second-order valence-corrected chi connectivity index (χ2v) is 6.33. The molecular formula is C15H27N3S. The normalized spacial score (nSPS) is 11.0. The molecule has 0 spiro atoms. The quantitative estimate of drug-likeness (QED) is 0.538. The molecule has 1 aromatic rings. The molecule has 4 heteroatoms. The summed E-state index contributed by atoms with van der Waals surface area (Å²) in [5.74, 6) is 3.83. The van der Waals surface area contributed by atoms with Gasteiger partial charge in [-0.2, -0.15) is 0 Å². The van der Waals surface area contributed by atoms with E-state index in [2.05, 4.69) is 49.0 Å². The zero-order valence-electron chi connectivity index (χ0n) is 12.7. The molecule has 0 unspecified atom stereocenters. The van der Waals surface area contributed by atoms with E-state index in [-0.39, 0.29) is 0 Å². The van der Waals surface area contributed by atoms with E-state index in [1.807, 2.05) is 11.8 Å². The summed E-state index contributed by atoms with van der Waals surface area (Å²) in [6.07, 6.45) is 4.39. The Balaban J connectivity index is 2.68. The minimum Gasteiger partial charge on any atom is -0.370 e. The van der Waals surface area contributed by atoms with Crippen molar-refractivity contribution in [1.29, 1.82) is 0 Å². The first kappa shape index (κ1) is 16.3. The van der Waals surface area contributed by atoms with Gasteiger partial charge in [0.1, 0.15) is 16.7 Å². The van der Waals surface area contributed by atoms with Crippen LogP contribution in [-0.4, -0.2) is 22.3 Å². The fraction of sp³-hybridized carbons (Fsp3) is 0.733. The number of rotatable bonds is 9. The van der Waals surface area contributed by atoms with Crippen LogP contribution in [0.4, 0.5) is 5.82 Å². The lowest BCUT2D eigenvalue weighted by atomic mass is 10.2. The SMILES string of the molecule is CCCNc1cc(SCCC(C)C)nc(CCC)n1. The van der Waals surface area contributed by atoms with E-state index in [1.165, 1.54) is 6.42 Å². The van der Waals surface area contributed by atoms with Crippen LogP contribution in [0.15, 0.2) is 11.1 Å². The van der Waals surface area contributed by atoms with Gasteiger partial charge in [0.25, 0.3) is 0 Å². The Morgan fingerprint density at radius 3 is 2.63 bits per heavy atom. The van der Waals surface area contributed by atoms with Crippen molar-refractivity contribution in [3.8, 4) is 0 Å². The fourth-order valence-electron chi connectivity index (χ4n) is 1.62. The molecule has 3 nitrogen and oxygen atoms in total. The minimum absolute atomic E-state index is 0.752. The third-order valence-electron chi connectivity index (χ3n) is 2.72. The van der Waals surface area contributed by atoms with Gasteiger partial charge in [0.05, 0.1) is 0 Å². The van der Waals surface area contributed by atoms with Gasteiger partial charge in [-0.25, -0.2) is 9.97 Å². The van der Waals surface area contributed by atoms with Crippen molar-refractivity contribution < 1.29 is 0 Å². The lowest BCUT2D eigenvalue weighted by molar-refractivity contribution is 0.632. The van der Waals surface area contributed by atoms with Crippen LogP contribution in [0.3, 0.4) is 0 Å². The predicted molar refractivity (Wildman–Crippen MR) is 85.0 cm³/mol. The second-order valence-electron chi connectivity index (χ2n) is 5.22. The molecule has 0 fully saturated rings. The highest BCUT2D eigenvalue weighted by atomic mass is 32.2. The van der Waals surface area contributed by atoms with Gasteiger partial charge in [0, 0.05) is 19.0 Å². The molecule has 0 aliphatic carbocycles. The summed E-state index contributed by atoms with van der Waals surface area (Å²) in [5, 5.41) is 4.48. The highest BCUT2D eigenvalue weighted by molar-refractivity contribution is 7.99. The van der Waals surface area contributed by atoms with Crippen molar-refractivity contribution in [2.75, 3.05) is 17.6 Å². The summed E-state index contributed by atoms with van der Waals surface area (Å²) in [5.41, 5.74) is 0. The van der Waals surface area contributed by atoms with Crippen molar-refractivity contribution >= 4 is 17.6 Å². The summed E-state index contributed by atoms with van der Waals surface area (Å²) in [7, 11) is 0. The topological polar surface area (TPSA) is 37.8 Å². The molecule has 19 heavy (non-hydrogen) atoms. The van der Waals surface area contributed by atoms with Crippen molar-refractivity contribution in [2.24, 2.45) is 5.92 Å². The first-order valence-corrected chi connectivity index (χ1v) is 8.38. The Bertz CT molecular complexity index is 366. The average molecular weight is 281 g/mol. The standard InChI is InChI=1S/C15H27N3S/c1-5-7-13-17-14(16-9-6-2)11-15(18-13)19-10-8-12(3)4/h11-12H,5-10H2,1-4H3,(H,16,17,18). The van der Waals surface area contributed by atoms with E-state index in [0.717, 1.165) is 54.1 Å². The van der Waals surface area contributed by atoms with Gasteiger partial charge in [0.15, 0.2) is 0 Å². The first-order chi connectivity index (χ1) is 9.15. The summed E-state index contributed by atoms with van der Waals surface area (Å²) >= 11 is 1.85. The molecule has 0 aromatic carbocycles. The third-order valence-corrected chi connectivity index (χ3v) is 3.67. The maximum atomic E-state index is 4.64. The molecule has 1 heterocycles. The molecule has 1 aromatic heterocycles. The number of nitrogens with one attached hydrogen (secondary N) is 1. The molecule has 0 radical (unpaired) electrons. The van der Waals surface area contributed by atoms with Gasteiger partial charge >= 0.3 is 0 Å². The van der Waals surface area contributed by atoms with Gasteiger partial charge < -0.3 is 5.32 Å².